The van der Waals surface area contributed by atoms with Gasteiger partial charge in [0.15, 0.2) is 0 Å². The van der Waals surface area contributed by atoms with E-state index in [-0.39, 0.29) is 17.0 Å². The fraction of sp³-hybridized carbons (Fsp3) is 0.400. The van der Waals surface area contributed by atoms with Gasteiger partial charge in [0.05, 0.1) is 6.61 Å². The highest BCUT2D eigenvalue weighted by molar-refractivity contribution is 5.93. The SMILES string of the molecule is Cc1ccc2ncc(C(=O)NCC3CCOC3)c(=O)n2c1. The number of nitrogens with one attached hydrogen (secondary N) is 1. The van der Waals surface area contributed by atoms with Crippen molar-refractivity contribution in [3.8, 4) is 0 Å². The molecule has 21 heavy (non-hydrogen) atoms. The van der Waals surface area contributed by atoms with Crippen LogP contribution in [0, 0.1) is 12.8 Å². The number of carbonyl (C=O) groups excluding carboxylic acids is 1. The Morgan fingerprint density at radius 3 is 3.14 bits per heavy atom. The first-order valence-corrected chi connectivity index (χ1v) is 6.99. The van der Waals surface area contributed by atoms with Crippen LogP contribution in [0.15, 0.2) is 29.3 Å². The molecule has 0 radical (unpaired) electrons. The monoisotopic (exact) mass is 287 g/mol. The summed E-state index contributed by atoms with van der Waals surface area (Å²) in [5.74, 6) is -0.0531. The Balaban J connectivity index is 1.84. The Morgan fingerprint density at radius 2 is 2.38 bits per heavy atom. The predicted octanol–water partition coefficient (Wildman–Crippen LogP) is 0.769. The Hall–Kier alpha value is -2.21. The maximum Gasteiger partial charge on any atom is 0.270 e. The zero-order valence-electron chi connectivity index (χ0n) is 11.8. The summed E-state index contributed by atoms with van der Waals surface area (Å²) >= 11 is 0. The quantitative estimate of drug-likeness (QED) is 0.905. The molecule has 0 aromatic carbocycles. The summed E-state index contributed by atoms with van der Waals surface area (Å²) in [6.07, 6.45) is 3.97. The molecule has 0 saturated carbocycles. The minimum atomic E-state index is -0.379. The van der Waals surface area contributed by atoms with E-state index in [1.165, 1.54) is 10.6 Å². The number of aromatic nitrogens is 2. The summed E-state index contributed by atoms with van der Waals surface area (Å²) in [4.78, 5) is 28.7. The van der Waals surface area contributed by atoms with Gasteiger partial charge in [-0.2, -0.15) is 0 Å². The first-order chi connectivity index (χ1) is 10.1. The van der Waals surface area contributed by atoms with Crippen LogP contribution in [0.2, 0.25) is 0 Å². The van der Waals surface area contributed by atoms with E-state index in [0.717, 1.165) is 18.6 Å². The van der Waals surface area contributed by atoms with Crippen LogP contribution in [0.4, 0.5) is 0 Å². The van der Waals surface area contributed by atoms with Crippen molar-refractivity contribution in [2.75, 3.05) is 19.8 Å². The van der Waals surface area contributed by atoms with Crippen LogP contribution in [0.3, 0.4) is 0 Å². The molecular formula is C15H17N3O3. The van der Waals surface area contributed by atoms with Gasteiger partial charge in [-0.15, -0.1) is 0 Å². The van der Waals surface area contributed by atoms with Crippen LogP contribution >= 0.6 is 0 Å². The maximum absolute atomic E-state index is 12.4. The number of carbonyl (C=O) groups is 1. The van der Waals surface area contributed by atoms with Gasteiger partial charge in [0.1, 0.15) is 11.2 Å². The van der Waals surface area contributed by atoms with Crippen molar-refractivity contribution in [3.63, 3.8) is 0 Å². The highest BCUT2D eigenvalue weighted by atomic mass is 16.5. The van der Waals surface area contributed by atoms with Crippen LogP contribution < -0.4 is 10.9 Å². The number of aryl methyl sites for hydroxylation is 1. The minimum absolute atomic E-state index is 0.0667. The number of hydrogen-bond acceptors (Lipinski definition) is 4. The fourth-order valence-electron chi connectivity index (χ4n) is 2.41. The molecule has 1 amide bonds. The molecule has 2 aromatic heterocycles. The number of nitrogens with zero attached hydrogens (tertiary/aromatic N) is 2. The van der Waals surface area contributed by atoms with Crippen molar-refractivity contribution >= 4 is 11.6 Å². The fourth-order valence-corrected chi connectivity index (χ4v) is 2.41. The molecule has 6 nitrogen and oxygen atoms in total. The maximum atomic E-state index is 12.4. The highest BCUT2D eigenvalue weighted by Gasteiger charge is 2.18. The first kappa shape index (κ1) is 13.8. The lowest BCUT2D eigenvalue weighted by Gasteiger charge is -2.09. The van der Waals surface area contributed by atoms with Gasteiger partial charge in [-0.25, -0.2) is 4.98 Å². The van der Waals surface area contributed by atoms with E-state index in [9.17, 15) is 9.59 Å². The summed E-state index contributed by atoms with van der Waals surface area (Å²) in [6.45, 7) is 3.81. The molecule has 2 aromatic rings. The second kappa shape index (κ2) is 5.65. The summed E-state index contributed by atoms with van der Waals surface area (Å²) in [5, 5.41) is 2.79. The van der Waals surface area contributed by atoms with E-state index in [1.54, 1.807) is 12.3 Å². The Morgan fingerprint density at radius 1 is 1.52 bits per heavy atom. The van der Waals surface area contributed by atoms with Crippen molar-refractivity contribution in [1.29, 1.82) is 0 Å². The lowest BCUT2D eigenvalue weighted by molar-refractivity contribution is 0.0943. The van der Waals surface area contributed by atoms with Crippen LogP contribution in [-0.2, 0) is 4.74 Å². The van der Waals surface area contributed by atoms with E-state index in [2.05, 4.69) is 10.3 Å². The number of pyridine rings is 1. The number of rotatable bonds is 3. The molecule has 0 aliphatic carbocycles. The van der Waals surface area contributed by atoms with E-state index in [0.29, 0.717) is 24.7 Å². The topological polar surface area (TPSA) is 72.7 Å². The second-order valence-electron chi connectivity index (χ2n) is 5.35. The average molecular weight is 287 g/mol. The van der Waals surface area contributed by atoms with E-state index in [1.807, 2.05) is 13.0 Å². The number of fused-ring (bicyclic) bond motifs is 1. The molecule has 0 bridgehead atoms. The van der Waals surface area contributed by atoms with Crippen molar-refractivity contribution in [2.45, 2.75) is 13.3 Å². The van der Waals surface area contributed by atoms with Gasteiger partial charge in [0, 0.05) is 31.5 Å². The molecule has 1 saturated heterocycles. The zero-order valence-corrected chi connectivity index (χ0v) is 11.8. The predicted molar refractivity (Wildman–Crippen MR) is 77.5 cm³/mol. The van der Waals surface area contributed by atoms with Crippen molar-refractivity contribution < 1.29 is 9.53 Å². The van der Waals surface area contributed by atoms with E-state index >= 15 is 0 Å². The van der Waals surface area contributed by atoms with Crippen LogP contribution in [0.1, 0.15) is 22.3 Å². The molecule has 110 valence electrons. The first-order valence-electron chi connectivity index (χ1n) is 6.99. The standard InChI is InChI=1S/C15H17N3O3/c1-10-2-3-13-16-7-12(15(20)18(13)8-10)14(19)17-6-11-4-5-21-9-11/h2-3,7-8,11H,4-6,9H2,1H3,(H,17,19). The second-order valence-corrected chi connectivity index (χ2v) is 5.35. The van der Waals surface area contributed by atoms with Gasteiger partial charge in [-0.05, 0) is 25.0 Å². The molecule has 6 heteroatoms. The third-order valence-electron chi connectivity index (χ3n) is 3.67. The molecule has 3 heterocycles. The lowest BCUT2D eigenvalue weighted by atomic mass is 10.1. The normalized spacial score (nSPS) is 18.0. The van der Waals surface area contributed by atoms with E-state index < -0.39 is 0 Å². The molecule has 1 atom stereocenters. The van der Waals surface area contributed by atoms with Gasteiger partial charge >= 0.3 is 0 Å². The highest BCUT2D eigenvalue weighted by Crippen LogP contribution is 2.10. The van der Waals surface area contributed by atoms with Crippen LogP contribution in [0.25, 0.3) is 5.65 Å². The van der Waals surface area contributed by atoms with Gasteiger partial charge in [0.2, 0.25) is 0 Å². The van der Waals surface area contributed by atoms with Gasteiger partial charge in [-0.3, -0.25) is 14.0 Å². The smallest absolute Gasteiger partial charge is 0.270 e. The zero-order chi connectivity index (χ0) is 14.8. The molecule has 1 N–H and O–H groups in total. The number of hydrogen-bond donors (Lipinski definition) is 1. The van der Waals surface area contributed by atoms with Crippen LogP contribution in [0.5, 0.6) is 0 Å². The number of amides is 1. The lowest BCUT2D eigenvalue weighted by Crippen LogP contribution is -2.34. The van der Waals surface area contributed by atoms with Gasteiger partial charge in [-0.1, -0.05) is 6.07 Å². The number of ether oxygens (including phenoxy) is 1. The molecular weight excluding hydrogens is 270 g/mol. The summed E-state index contributed by atoms with van der Waals surface area (Å²) in [5.41, 5.74) is 1.19. The molecule has 3 rings (SSSR count). The molecule has 0 spiro atoms. The Bertz CT molecular complexity index is 733. The Labute approximate surface area is 121 Å². The summed E-state index contributed by atoms with van der Waals surface area (Å²) in [7, 11) is 0. The minimum Gasteiger partial charge on any atom is -0.381 e. The average Bonchev–Trinajstić information content (AvgIpc) is 2.99. The van der Waals surface area contributed by atoms with Crippen LogP contribution in [-0.4, -0.2) is 35.1 Å². The van der Waals surface area contributed by atoms with Crippen molar-refractivity contribution in [3.05, 3.63) is 46.0 Å². The van der Waals surface area contributed by atoms with Crippen molar-refractivity contribution in [1.82, 2.24) is 14.7 Å². The third-order valence-corrected chi connectivity index (χ3v) is 3.67. The van der Waals surface area contributed by atoms with Gasteiger partial charge < -0.3 is 10.1 Å². The largest absolute Gasteiger partial charge is 0.381 e. The van der Waals surface area contributed by atoms with E-state index in [4.69, 9.17) is 4.74 Å². The van der Waals surface area contributed by atoms with Gasteiger partial charge in [0.25, 0.3) is 11.5 Å². The van der Waals surface area contributed by atoms with Crippen molar-refractivity contribution in [2.24, 2.45) is 5.92 Å². The third kappa shape index (κ3) is 2.80. The molecule has 1 aliphatic heterocycles. The molecule has 1 fully saturated rings. The Kier molecular flexibility index (Phi) is 3.70. The summed E-state index contributed by atoms with van der Waals surface area (Å²) < 4.78 is 6.67. The molecule has 1 unspecified atom stereocenters. The molecule has 1 aliphatic rings. The summed E-state index contributed by atoms with van der Waals surface area (Å²) in [6, 6.07) is 3.63.